The van der Waals surface area contributed by atoms with Gasteiger partial charge in [-0.1, -0.05) is 36.2 Å². The normalized spacial score (nSPS) is 24.6. The number of halogens is 1. The van der Waals surface area contributed by atoms with Gasteiger partial charge in [-0.05, 0) is 38.4 Å². The van der Waals surface area contributed by atoms with E-state index in [1.807, 2.05) is 31.3 Å². The van der Waals surface area contributed by atoms with Crippen molar-refractivity contribution in [2.24, 2.45) is 5.92 Å². The zero-order valence-electron chi connectivity index (χ0n) is 11.3. The smallest absolute Gasteiger partial charge is 0.308 e. The number of nitrogens with zero attached hydrogens (tertiary/aromatic N) is 1. The Morgan fingerprint density at radius 2 is 2.11 bits per heavy atom. The quantitative estimate of drug-likeness (QED) is 0.917. The molecule has 0 aliphatic heterocycles. The van der Waals surface area contributed by atoms with Crippen molar-refractivity contribution in [3.05, 3.63) is 34.9 Å². The molecule has 2 rings (SSSR count). The van der Waals surface area contributed by atoms with Crippen LogP contribution in [0.2, 0.25) is 5.02 Å². The van der Waals surface area contributed by atoms with Crippen LogP contribution in [-0.2, 0) is 4.79 Å². The molecule has 0 amide bonds. The van der Waals surface area contributed by atoms with Gasteiger partial charge in [0.25, 0.3) is 0 Å². The molecule has 3 atom stereocenters. The first-order valence-electron chi connectivity index (χ1n) is 6.71. The Hall–Kier alpha value is -1.06. The van der Waals surface area contributed by atoms with Gasteiger partial charge in [0, 0.05) is 17.1 Å². The van der Waals surface area contributed by atoms with Crippen molar-refractivity contribution in [3.8, 4) is 0 Å². The number of benzene rings is 1. The Bertz CT molecular complexity index is 463. The SMILES string of the molecule is CC(c1ccccc1Cl)N(C)C1CCCC1C(=O)O. The molecule has 1 aliphatic carbocycles. The first kappa shape index (κ1) is 14.4. The van der Waals surface area contributed by atoms with Crippen molar-refractivity contribution in [3.63, 3.8) is 0 Å². The van der Waals surface area contributed by atoms with Crippen LogP contribution in [0.25, 0.3) is 0 Å². The molecule has 1 fully saturated rings. The van der Waals surface area contributed by atoms with E-state index in [4.69, 9.17) is 11.6 Å². The first-order chi connectivity index (χ1) is 9.02. The lowest BCUT2D eigenvalue weighted by Crippen LogP contribution is -2.39. The van der Waals surface area contributed by atoms with E-state index in [1.54, 1.807) is 0 Å². The zero-order valence-corrected chi connectivity index (χ0v) is 12.1. The lowest BCUT2D eigenvalue weighted by molar-refractivity contribution is -0.143. The monoisotopic (exact) mass is 281 g/mol. The van der Waals surface area contributed by atoms with Gasteiger partial charge in [0.1, 0.15) is 0 Å². The highest BCUT2D eigenvalue weighted by atomic mass is 35.5. The minimum absolute atomic E-state index is 0.101. The van der Waals surface area contributed by atoms with Crippen molar-refractivity contribution < 1.29 is 9.90 Å². The highest BCUT2D eigenvalue weighted by Crippen LogP contribution is 2.35. The number of carbonyl (C=O) groups is 1. The van der Waals surface area contributed by atoms with Crippen LogP contribution in [-0.4, -0.2) is 29.1 Å². The van der Waals surface area contributed by atoms with E-state index in [-0.39, 0.29) is 18.0 Å². The fraction of sp³-hybridized carbons (Fsp3) is 0.533. The number of hydrogen-bond acceptors (Lipinski definition) is 2. The third-order valence-corrected chi connectivity index (χ3v) is 4.63. The molecule has 19 heavy (non-hydrogen) atoms. The highest BCUT2D eigenvalue weighted by molar-refractivity contribution is 6.31. The van der Waals surface area contributed by atoms with Gasteiger partial charge in [-0.2, -0.15) is 0 Å². The summed E-state index contributed by atoms with van der Waals surface area (Å²) in [5.74, 6) is -0.935. The Balaban J connectivity index is 2.17. The zero-order chi connectivity index (χ0) is 14.0. The number of rotatable bonds is 4. The summed E-state index contributed by atoms with van der Waals surface area (Å²) in [5.41, 5.74) is 1.06. The van der Waals surface area contributed by atoms with Gasteiger partial charge in [0.2, 0.25) is 0 Å². The Kier molecular flexibility index (Phi) is 4.48. The van der Waals surface area contributed by atoms with Crippen LogP contribution in [0.3, 0.4) is 0 Å². The summed E-state index contributed by atoms with van der Waals surface area (Å²) >= 11 is 6.23. The van der Waals surface area contributed by atoms with Crippen molar-refractivity contribution in [1.82, 2.24) is 4.90 Å². The number of carboxylic acid groups (broad SMARTS) is 1. The Morgan fingerprint density at radius 1 is 1.42 bits per heavy atom. The second-order valence-electron chi connectivity index (χ2n) is 5.31. The van der Waals surface area contributed by atoms with E-state index in [2.05, 4.69) is 11.8 Å². The number of aliphatic carboxylic acids is 1. The van der Waals surface area contributed by atoms with Gasteiger partial charge in [0.05, 0.1) is 5.92 Å². The summed E-state index contributed by atoms with van der Waals surface area (Å²) in [4.78, 5) is 13.4. The summed E-state index contributed by atoms with van der Waals surface area (Å²) in [7, 11) is 2.00. The van der Waals surface area contributed by atoms with Crippen LogP contribution in [0.1, 0.15) is 37.8 Å². The lowest BCUT2D eigenvalue weighted by atomic mass is 9.99. The van der Waals surface area contributed by atoms with E-state index in [0.717, 1.165) is 29.8 Å². The fourth-order valence-electron chi connectivity index (χ4n) is 3.04. The average Bonchev–Trinajstić information content (AvgIpc) is 2.87. The van der Waals surface area contributed by atoms with Gasteiger partial charge in [-0.15, -0.1) is 0 Å². The van der Waals surface area contributed by atoms with E-state index >= 15 is 0 Å². The molecule has 4 heteroatoms. The summed E-state index contributed by atoms with van der Waals surface area (Å²) in [6.07, 6.45) is 2.71. The summed E-state index contributed by atoms with van der Waals surface area (Å²) < 4.78 is 0. The predicted molar refractivity (Wildman–Crippen MR) is 76.4 cm³/mol. The van der Waals surface area contributed by atoms with Crippen LogP contribution in [0.15, 0.2) is 24.3 Å². The maximum Gasteiger partial charge on any atom is 0.308 e. The van der Waals surface area contributed by atoms with Crippen LogP contribution in [0, 0.1) is 5.92 Å². The Labute approximate surface area is 119 Å². The number of hydrogen-bond donors (Lipinski definition) is 1. The molecule has 0 bridgehead atoms. The summed E-state index contributed by atoms with van der Waals surface area (Å²) in [5, 5.41) is 10.0. The standard InChI is InChI=1S/C15H20ClNO2/c1-10(11-6-3-4-8-13(11)16)17(2)14-9-5-7-12(14)15(18)19/h3-4,6,8,10,12,14H,5,7,9H2,1-2H3,(H,18,19). The molecule has 0 spiro atoms. The predicted octanol–water partition coefficient (Wildman–Crippen LogP) is 3.59. The van der Waals surface area contributed by atoms with E-state index in [0.29, 0.717) is 0 Å². The summed E-state index contributed by atoms with van der Waals surface area (Å²) in [6.45, 7) is 2.08. The lowest BCUT2D eigenvalue weighted by Gasteiger charge is -2.33. The number of carboxylic acids is 1. The van der Waals surface area contributed by atoms with Crippen molar-refractivity contribution >= 4 is 17.6 Å². The molecular formula is C15H20ClNO2. The molecule has 1 aromatic rings. The topological polar surface area (TPSA) is 40.5 Å². The first-order valence-corrected chi connectivity index (χ1v) is 7.09. The minimum atomic E-state index is -0.680. The van der Waals surface area contributed by atoms with Crippen LogP contribution >= 0.6 is 11.6 Å². The van der Waals surface area contributed by atoms with Crippen LogP contribution < -0.4 is 0 Å². The van der Waals surface area contributed by atoms with Gasteiger partial charge in [0.15, 0.2) is 0 Å². The fourth-order valence-corrected chi connectivity index (χ4v) is 3.33. The van der Waals surface area contributed by atoms with Crippen LogP contribution in [0.5, 0.6) is 0 Å². The molecule has 0 aromatic heterocycles. The molecular weight excluding hydrogens is 262 g/mol. The highest BCUT2D eigenvalue weighted by Gasteiger charge is 2.37. The largest absolute Gasteiger partial charge is 0.481 e. The molecule has 0 heterocycles. The third kappa shape index (κ3) is 2.93. The molecule has 1 aromatic carbocycles. The molecule has 1 saturated carbocycles. The van der Waals surface area contributed by atoms with Gasteiger partial charge >= 0.3 is 5.97 Å². The maximum atomic E-state index is 11.3. The summed E-state index contributed by atoms with van der Waals surface area (Å²) in [6, 6.07) is 7.99. The van der Waals surface area contributed by atoms with E-state index in [9.17, 15) is 9.90 Å². The average molecular weight is 282 g/mol. The molecule has 0 radical (unpaired) electrons. The van der Waals surface area contributed by atoms with Gasteiger partial charge < -0.3 is 5.11 Å². The van der Waals surface area contributed by atoms with Crippen molar-refractivity contribution in [2.75, 3.05) is 7.05 Å². The molecule has 0 saturated heterocycles. The minimum Gasteiger partial charge on any atom is -0.481 e. The maximum absolute atomic E-state index is 11.3. The second-order valence-corrected chi connectivity index (χ2v) is 5.71. The molecule has 3 nitrogen and oxygen atoms in total. The van der Waals surface area contributed by atoms with Gasteiger partial charge in [-0.3, -0.25) is 9.69 Å². The van der Waals surface area contributed by atoms with Crippen molar-refractivity contribution in [1.29, 1.82) is 0 Å². The van der Waals surface area contributed by atoms with Crippen LogP contribution in [0.4, 0.5) is 0 Å². The molecule has 1 aliphatic rings. The van der Waals surface area contributed by atoms with E-state index in [1.165, 1.54) is 0 Å². The Morgan fingerprint density at radius 3 is 2.74 bits per heavy atom. The van der Waals surface area contributed by atoms with Crippen molar-refractivity contribution in [2.45, 2.75) is 38.3 Å². The van der Waals surface area contributed by atoms with E-state index < -0.39 is 5.97 Å². The molecule has 1 N–H and O–H groups in total. The molecule has 104 valence electrons. The molecule has 3 unspecified atom stereocenters. The second kappa shape index (κ2) is 5.93. The van der Waals surface area contributed by atoms with Gasteiger partial charge in [-0.25, -0.2) is 0 Å². The third-order valence-electron chi connectivity index (χ3n) is 4.29.